The van der Waals surface area contributed by atoms with E-state index in [4.69, 9.17) is 19.9 Å². The monoisotopic (exact) mass is 379 g/mol. The number of benzene rings is 1. The standard InChI is InChI=1S/C20H29NO6/c1-6-16(22)25-14-10-9-13(11-15(14)26-17(23)7-2)20(19(21)12(4)5)27-18(24)8-3/h9-12,19-20H,6-8,21H2,1-5H3. The van der Waals surface area contributed by atoms with Crippen molar-refractivity contribution in [2.75, 3.05) is 0 Å². The lowest BCUT2D eigenvalue weighted by Crippen LogP contribution is -2.36. The quantitative estimate of drug-likeness (QED) is 0.518. The summed E-state index contributed by atoms with van der Waals surface area (Å²) < 4.78 is 16.1. The van der Waals surface area contributed by atoms with Crippen molar-refractivity contribution in [1.29, 1.82) is 0 Å². The summed E-state index contributed by atoms with van der Waals surface area (Å²) in [7, 11) is 0. The Labute approximate surface area is 160 Å². The van der Waals surface area contributed by atoms with Crippen LogP contribution in [0.3, 0.4) is 0 Å². The second-order valence-corrected chi connectivity index (χ2v) is 6.45. The van der Waals surface area contributed by atoms with Gasteiger partial charge in [0, 0.05) is 25.3 Å². The summed E-state index contributed by atoms with van der Waals surface area (Å²) in [6, 6.07) is 4.24. The Kier molecular flexibility index (Phi) is 8.94. The largest absolute Gasteiger partial charge is 0.456 e. The highest BCUT2D eigenvalue weighted by atomic mass is 16.6. The summed E-state index contributed by atoms with van der Waals surface area (Å²) in [6.45, 7) is 8.86. The van der Waals surface area contributed by atoms with Gasteiger partial charge >= 0.3 is 17.9 Å². The normalized spacial score (nSPS) is 13.0. The van der Waals surface area contributed by atoms with Crippen LogP contribution < -0.4 is 15.2 Å². The van der Waals surface area contributed by atoms with Crippen molar-refractivity contribution in [3.8, 4) is 11.5 Å². The number of carbonyl (C=O) groups is 3. The molecule has 0 aliphatic carbocycles. The van der Waals surface area contributed by atoms with Gasteiger partial charge < -0.3 is 19.9 Å². The molecular weight excluding hydrogens is 350 g/mol. The lowest BCUT2D eigenvalue weighted by atomic mass is 9.93. The Morgan fingerprint density at radius 3 is 1.89 bits per heavy atom. The van der Waals surface area contributed by atoms with Gasteiger partial charge in [0.1, 0.15) is 6.10 Å². The maximum Gasteiger partial charge on any atom is 0.311 e. The predicted molar refractivity (Wildman–Crippen MR) is 100 cm³/mol. The van der Waals surface area contributed by atoms with Gasteiger partial charge in [0.15, 0.2) is 11.5 Å². The first-order valence-corrected chi connectivity index (χ1v) is 9.23. The molecule has 1 aromatic rings. The summed E-state index contributed by atoms with van der Waals surface area (Å²) in [5, 5.41) is 0. The van der Waals surface area contributed by atoms with Crippen LogP contribution in [0.1, 0.15) is 65.5 Å². The van der Waals surface area contributed by atoms with Crippen LogP contribution in [0.25, 0.3) is 0 Å². The van der Waals surface area contributed by atoms with Crippen LogP contribution in [-0.4, -0.2) is 23.9 Å². The van der Waals surface area contributed by atoms with E-state index >= 15 is 0 Å². The summed E-state index contributed by atoms with van der Waals surface area (Å²) in [6.07, 6.45) is -0.166. The van der Waals surface area contributed by atoms with Gasteiger partial charge in [0.05, 0.1) is 0 Å². The van der Waals surface area contributed by atoms with Crippen molar-refractivity contribution in [2.45, 2.75) is 66.0 Å². The number of nitrogens with two attached hydrogens (primary N) is 1. The van der Waals surface area contributed by atoms with Gasteiger partial charge in [0.2, 0.25) is 0 Å². The average Bonchev–Trinajstić information content (AvgIpc) is 2.66. The molecule has 150 valence electrons. The number of carbonyl (C=O) groups excluding carboxylic acids is 3. The zero-order valence-electron chi connectivity index (χ0n) is 16.6. The number of esters is 3. The van der Waals surface area contributed by atoms with Crippen molar-refractivity contribution in [1.82, 2.24) is 0 Å². The van der Waals surface area contributed by atoms with Crippen LogP contribution >= 0.6 is 0 Å². The molecule has 1 aromatic carbocycles. The van der Waals surface area contributed by atoms with E-state index < -0.39 is 24.1 Å². The molecular formula is C20H29NO6. The summed E-state index contributed by atoms with van der Waals surface area (Å²) in [4.78, 5) is 35.3. The molecule has 7 nitrogen and oxygen atoms in total. The van der Waals surface area contributed by atoms with Gasteiger partial charge in [-0.1, -0.05) is 40.7 Å². The van der Waals surface area contributed by atoms with E-state index in [2.05, 4.69) is 0 Å². The number of hydrogen-bond donors (Lipinski definition) is 1. The summed E-state index contributed by atoms with van der Waals surface area (Å²) >= 11 is 0. The van der Waals surface area contributed by atoms with Crippen LogP contribution in [-0.2, 0) is 19.1 Å². The Balaban J connectivity index is 3.33. The van der Waals surface area contributed by atoms with Crippen molar-refractivity contribution in [3.05, 3.63) is 23.8 Å². The fourth-order valence-corrected chi connectivity index (χ4v) is 2.20. The molecule has 0 spiro atoms. The zero-order valence-corrected chi connectivity index (χ0v) is 16.6. The maximum absolute atomic E-state index is 11.9. The first-order valence-electron chi connectivity index (χ1n) is 9.23. The number of ether oxygens (including phenoxy) is 3. The molecule has 0 heterocycles. The molecule has 0 saturated heterocycles. The van der Waals surface area contributed by atoms with Gasteiger partial charge in [-0.05, 0) is 23.6 Å². The maximum atomic E-state index is 11.9. The third-order valence-electron chi connectivity index (χ3n) is 3.99. The van der Waals surface area contributed by atoms with Crippen LogP contribution in [0.15, 0.2) is 18.2 Å². The Bertz CT molecular complexity index is 670. The highest BCUT2D eigenvalue weighted by Gasteiger charge is 2.27. The molecule has 1 rings (SSSR count). The van der Waals surface area contributed by atoms with Crippen LogP contribution in [0.2, 0.25) is 0 Å². The fourth-order valence-electron chi connectivity index (χ4n) is 2.20. The van der Waals surface area contributed by atoms with Gasteiger partial charge in [0.25, 0.3) is 0 Å². The highest BCUT2D eigenvalue weighted by molar-refractivity contribution is 5.76. The van der Waals surface area contributed by atoms with E-state index in [-0.39, 0.29) is 42.6 Å². The van der Waals surface area contributed by atoms with Crippen LogP contribution in [0.5, 0.6) is 11.5 Å². The molecule has 2 N–H and O–H groups in total. The lowest BCUT2D eigenvalue weighted by Gasteiger charge is -2.27. The van der Waals surface area contributed by atoms with Crippen molar-refractivity contribution in [2.24, 2.45) is 11.7 Å². The molecule has 2 unspecified atom stereocenters. The second kappa shape index (κ2) is 10.7. The van der Waals surface area contributed by atoms with E-state index in [0.717, 1.165) is 0 Å². The Morgan fingerprint density at radius 2 is 1.41 bits per heavy atom. The first kappa shape index (κ1) is 22.6. The van der Waals surface area contributed by atoms with Gasteiger partial charge in [-0.25, -0.2) is 0 Å². The van der Waals surface area contributed by atoms with E-state index in [1.54, 1.807) is 26.8 Å². The van der Waals surface area contributed by atoms with Gasteiger partial charge in [-0.3, -0.25) is 14.4 Å². The SMILES string of the molecule is CCC(=O)Oc1ccc(C(OC(=O)CC)C(N)C(C)C)cc1OC(=O)CC. The van der Waals surface area contributed by atoms with Crippen molar-refractivity contribution >= 4 is 17.9 Å². The van der Waals surface area contributed by atoms with E-state index in [9.17, 15) is 14.4 Å². The molecule has 0 aromatic heterocycles. The Hall–Kier alpha value is -2.41. The van der Waals surface area contributed by atoms with Crippen molar-refractivity contribution < 1.29 is 28.6 Å². The highest BCUT2D eigenvalue weighted by Crippen LogP contribution is 2.34. The number of hydrogen-bond acceptors (Lipinski definition) is 7. The van der Waals surface area contributed by atoms with E-state index in [1.807, 2.05) is 13.8 Å². The summed E-state index contributed by atoms with van der Waals surface area (Å²) in [5.41, 5.74) is 6.81. The second-order valence-electron chi connectivity index (χ2n) is 6.45. The van der Waals surface area contributed by atoms with Gasteiger partial charge in [-0.2, -0.15) is 0 Å². The molecule has 27 heavy (non-hydrogen) atoms. The lowest BCUT2D eigenvalue weighted by molar-refractivity contribution is -0.151. The molecule has 0 amide bonds. The first-order chi connectivity index (χ1) is 12.7. The molecule has 0 bridgehead atoms. The Morgan fingerprint density at radius 1 is 0.889 bits per heavy atom. The van der Waals surface area contributed by atoms with Gasteiger partial charge in [-0.15, -0.1) is 0 Å². The molecule has 0 radical (unpaired) electrons. The average molecular weight is 379 g/mol. The smallest absolute Gasteiger partial charge is 0.311 e. The fraction of sp³-hybridized carbons (Fsp3) is 0.550. The molecule has 2 atom stereocenters. The van der Waals surface area contributed by atoms with E-state index in [1.165, 1.54) is 12.1 Å². The third kappa shape index (κ3) is 6.67. The minimum atomic E-state index is -0.715. The molecule has 0 aliphatic heterocycles. The van der Waals surface area contributed by atoms with E-state index in [0.29, 0.717) is 5.56 Å². The number of rotatable bonds is 9. The zero-order chi connectivity index (χ0) is 20.6. The topological polar surface area (TPSA) is 105 Å². The molecule has 7 heteroatoms. The predicted octanol–water partition coefficient (Wildman–Crippen LogP) is 3.30. The van der Waals surface area contributed by atoms with Crippen LogP contribution in [0.4, 0.5) is 0 Å². The minimum absolute atomic E-state index is 0.0406. The molecule has 0 fully saturated rings. The molecule has 0 saturated carbocycles. The van der Waals surface area contributed by atoms with Crippen molar-refractivity contribution in [3.63, 3.8) is 0 Å². The summed E-state index contributed by atoms with van der Waals surface area (Å²) in [5.74, 6) is -1.05. The third-order valence-corrected chi connectivity index (χ3v) is 3.99. The van der Waals surface area contributed by atoms with Crippen LogP contribution in [0, 0.1) is 5.92 Å². The molecule has 0 aliphatic rings. The minimum Gasteiger partial charge on any atom is -0.456 e.